The van der Waals surface area contributed by atoms with Gasteiger partial charge in [-0.25, -0.2) is 13.8 Å². The van der Waals surface area contributed by atoms with Gasteiger partial charge in [0.25, 0.3) is 0 Å². The smallest absolute Gasteiger partial charge is 0.129 e. The van der Waals surface area contributed by atoms with Crippen LogP contribution in [-0.2, 0) is 22.6 Å². The Balaban J connectivity index is 1.29. The summed E-state index contributed by atoms with van der Waals surface area (Å²) in [6, 6.07) is 3.61. The Morgan fingerprint density at radius 3 is 2.70 bits per heavy atom. The van der Waals surface area contributed by atoms with E-state index in [9.17, 15) is 8.78 Å². The lowest BCUT2D eigenvalue weighted by Crippen LogP contribution is -2.48. The van der Waals surface area contributed by atoms with Crippen LogP contribution in [0.25, 0.3) is 0 Å². The molecule has 1 aromatic heterocycles. The van der Waals surface area contributed by atoms with E-state index >= 15 is 0 Å². The van der Waals surface area contributed by atoms with Crippen LogP contribution in [0.5, 0.6) is 0 Å². The summed E-state index contributed by atoms with van der Waals surface area (Å²) in [5.74, 6) is 0.116. The van der Waals surface area contributed by atoms with Crippen molar-refractivity contribution in [3.8, 4) is 0 Å². The van der Waals surface area contributed by atoms with E-state index in [1.807, 2.05) is 0 Å². The molecule has 0 bridgehead atoms. The van der Waals surface area contributed by atoms with Gasteiger partial charge >= 0.3 is 0 Å². The lowest BCUT2D eigenvalue weighted by molar-refractivity contribution is -0.0536. The Morgan fingerprint density at radius 2 is 1.93 bits per heavy atom. The van der Waals surface area contributed by atoms with Crippen molar-refractivity contribution in [1.29, 1.82) is 0 Å². The van der Waals surface area contributed by atoms with Gasteiger partial charge in [0.1, 0.15) is 23.6 Å². The van der Waals surface area contributed by atoms with Crippen molar-refractivity contribution in [3.05, 3.63) is 52.6 Å². The highest BCUT2D eigenvalue weighted by atomic mass is 19.1. The number of ether oxygens (including phenoxy) is 2. The average molecular weight is 418 g/mol. The van der Waals surface area contributed by atoms with Crippen LogP contribution in [0.3, 0.4) is 0 Å². The minimum absolute atomic E-state index is 0.130. The summed E-state index contributed by atoms with van der Waals surface area (Å²) in [5.41, 5.74) is 8.98. The van der Waals surface area contributed by atoms with E-state index < -0.39 is 23.8 Å². The Kier molecular flexibility index (Phi) is 5.35. The van der Waals surface area contributed by atoms with E-state index in [2.05, 4.69) is 16.4 Å². The molecule has 0 radical (unpaired) electrons. The molecule has 162 valence electrons. The normalized spacial score (nSPS) is 28.1. The highest BCUT2D eigenvalue weighted by Gasteiger charge is 2.38. The Morgan fingerprint density at radius 1 is 1.13 bits per heavy atom. The van der Waals surface area contributed by atoms with Gasteiger partial charge in [-0.05, 0) is 44.4 Å². The predicted molar refractivity (Wildman–Crippen MR) is 107 cm³/mol. The molecule has 0 amide bonds. The van der Waals surface area contributed by atoms with Crippen molar-refractivity contribution in [2.24, 2.45) is 5.73 Å². The molecule has 6 nitrogen and oxygen atoms in total. The van der Waals surface area contributed by atoms with Crippen molar-refractivity contribution in [2.75, 3.05) is 19.8 Å². The van der Waals surface area contributed by atoms with Crippen LogP contribution in [0.2, 0.25) is 0 Å². The highest BCUT2D eigenvalue weighted by Crippen LogP contribution is 2.36. The van der Waals surface area contributed by atoms with Gasteiger partial charge < -0.3 is 19.8 Å². The maximum absolute atomic E-state index is 14.2. The van der Waals surface area contributed by atoms with Gasteiger partial charge in [0, 0.05) is 50.0 Å². The molecular weight excluding hydrogens is 390 g/mol. The van der Waals surface area contributed by atoms with Gasteiger partial charge in [-0.1, -0.05) is 0 Å². The van der Waals surface area contributed by atoms with Gasteiger partial charge in [-0.15, -0.1) is 0 Å². The molecule has 3 aliphatic heterocycles. The largest absolute Gasteiger partial charge is 0.381 e. The van der Waals surface area contributed by atoms with E-state index in [4.69, 9.17) is 20.2 Å². The molecule has 0 unspecified atom stereocenters. The zero-order valence-corrected chi connectivity index (χ0v) is 17.2. The number of nitrogens with zero attached hydrogens (tertiary/aromatic N) is 3. The van der Waals surface area contributed by atoms with Crippen LogP contribution in [0.4, 0.5) is 8.78 Å². The molecule has 0 spiro atoms. The van der Waals surface area contributed by atoms with Gasteiger partial charge in [0.15, 0.2) is 0 Å². The van der Waals surface area contributed by atoms with Gasteiger partial charge in [-0.3, -0.25) is 4.90 Å². The number of rotatable bonds is 3. The first-order valence-electron chi connectivity index (χ1n) is 10.7. The maximum atomic E-state index is 14.2. The third-order valence-electron chi connectivity index (χ3n) is 6.71. The summed E-state index contributed by atoms with van der Waals surface area (Å²) in [5, 5.41) is 0. The zero-order valence-electron chi connectivity index (χ0n) is 17.2. The monoisotopic (exact) mass is 418 g/mol. The van der Waals surface area contributed by atoms with Crippen molar-refractivity contribution in [3.63, 3.8) is 0 Å². The van der Waals surface area contributed by atoms with Crippen molar-refractivity contribution >= 4 is 0 Å². The topological polar surface area (TPSA) is 65.5 Å². The number of fused-ring (bicyclic) bond motifs is 1. The third-order valence-corrected chi connectivity index (χ3v) is 6.71. The van der Waals surface area contributed by atoms with Crippen molar-refractivity contribution in [1.82, 2.24) is 14.5 Å². The van der Waals surface area contributed by atoms with Gasteiger partial charge in [0.2, 0.25) is 0 Å². The van der Waals surface area contributed by atoms with E-state index in [0.29, 0.717) is 19.1 Å². The van der Waals surface area contributed by atoms with Crippen LogP contribution in [-0.4, -0.2) is 46.4 Å². The van der Waals surface area contributed by atoms with E-state index in [0.717, 1.165) is 62.8 Å². The Hall–Kier alpha value is -1.87. The average Bonchev–Trinajstić information content (AvgIpc) is 3.27. The summed E-state index contributed by atoms with van der Waals surface area (Å²) in [7, 11) is 0. The molecule has 0 saturated carbocycles. The minimum Gasteiger partial charge on any atom is -0.381 e. The molecular formula is C22H28F2N4O2. The molecule has 4 heterocycles. The van der Waals surface area contributed by atoms with Crippen LogP contribution in [0, 0.1) is 18.6 Å². The second-order valence-electron chi connectivity index (χ2n) is 8.64. The highest BCUT2D eigenvalue weighted by molar-refractivity contribution is 5.25. The molecule has 5 rings (SSSR count). The fourth-order valence-corrected chi connectivity index (χ4v) is 5.22. The van der Waals surface area contributed by atoms with E-state index in [1.54, 1.807) is 0 Å². The Labute approximate surface area is 175 Å². The third kappa shape index (κ3) is 3.56. The SMILES string of the molecule is Cc1nc2c(n1C1CCOCC1)CN([C@H]1CO[C@H](c3cc(F)ccc3F)[C@@H](N)C1)C2. The first-order valence-corrected chi connectivity index (χ1v) is 10.7. The quantitative estimate of drug-likeness (QED) is 0.830. The molecule has 1 aromatic carbocycles. The summed E-state index contributed by atoms with van der Waals surface area (Å²) >= 11 is 0. The fraction of sp³-hybridized carbons (Fsp3) is 0.591. The maximum Gasteiger partial charge on any atom is 0.129 e. The standard InChI is InChI=1S/C22H28F2N4O2/c1-13-26-20-10-27(11-21(20)28(13)15-4-6-29-7-5-15)16-9-19(25)22(30-12-16)17-8-14(23)2-3-18(17)24/h2-3,8,15-16,19,22H,4-7,9-12,25H2,1H3/t16-,19+,22-/m1/s1. The fourth-order valence-electron chi connectivity index (χ4n) is 5.22. The number of hydrogen-bond donors (Lipinski definition) is 1. The molecule has 8 heteroatoms. The molecule has 2 fully saturated rings. The van der Waals surface area contributed by atoms with Gasteiger partial charge in [-0.2, -0.15) is 0 Å². The van der Waals surface area contributed by atoms with Crippen LogP contribution in [0.1, 0.15) is 54.2 Å². The number of benzene rings is 1. The number of aryl methyl sites for hydroxylation is 1. The minimum atomic E-state index is -0.627. The summed E-state index contributed by atoms with van der Waals surface area (Å²) in [6.45, 7) is 5.69. The predicted octanol–water partition coefficient (Wildman–Crippen LogP) is 2.99. The Bertz CT molecular complexity index is 928. The second-order valence-corrected chi connectivity index (χ2v) is 8.64. The summed E-state index contributed by atoms with van der Waals surface area (Å²) in [4.78, 5) is 7.18. The van der Waals surface area contributed by atoms with Crippen LogP contribution < -0.4 is 5.73 Å². The summed E-state index contributed by atoms with van der Waals surface area (Å²) < 4.78 is 41.7. The van der Waals surface area contributed by atoms with Crippen LogP contribution >= 0.6 is 0 Å². The zero-order chi connectivity index (χ0) is 20.8. The molecule has 2 aromatic rings. The van der Waals surface area contributed by atoms with Gasteiger partial charge in [0.05, 0.1) is 18.0 Å². The first-order chi connectivity index (χ1) is 14.5. The number of aromatic nitrogens is 2. The van der Waals surface area contributed by atoms with Crippen molar-refractivity contribution < 1.29 is 18.3 Å². The van der Waals surface area contributed by atoms with E-state index in [-0.39, 0.29) is 11.6 Å². The molecule has 3 atom stereocenters. The molecule has 2 saturated heterocycles. The van der Waals surface area contributed by atoms with E-state index in [1.165, 1.54) is 11.8 Å². The van der Waals surface area contributed by atoms with Crippen LogP contribution in [0.15, 0.2) is 18.2 Å². The first kappa shape index (κ1) is 20.1. The lowest BCUT2D eigenvalue weighted by atomic mass is 9.93. The van der Waals surface area contributed by atoms with Crippen molar-refractivity contribution in [2.45, 2.75) is 63.5 Å². The molecule has 30 heavy (non-hydrogen) atoms. The number of nitrogens with two attached hydrogens (primary N) is 1. The number of imidazole rings is 1. The second kappa shape index (κ2) is 8.00. The number of hydrogen-bond acceptors (Lipinski definition) is 5. The molecule has 3 aliphatic rings. The lowest BCUT2D eigenvalue weighted by Gasteiger charge is -2.38. The summed E-state index contributed by atoms with van der Waals surface area (Å²) in [6.07, 6.45) is 2.07. The molecule has 0 aliphatic carbocycles. The molecule has 2 N–H and O–H groups in total. The number of halogens is 2.